The van der Waals surface area contributed by atoms with Crippen LogP contribution < -0.4 is 0 Å². The quantitative estimate of drug-likeness (QED) is 0.799. The summed E-state index contributed by atoms with van der Waals surface area (Å²) in [5.74, 6) is -0.133. The SMILES string of the molecule is Cc1cc(F)ccc1S(=O)(=O)N1CCSC(c2ccccc2F)CC1. The third kappa shape index (κ3) is 3.88. The summed E-state index contributed by atoms with van der Waals surface area (Å²) < 4.78 is 54.5. The summed E-state index contributed by atoms with van der Waals surface area (Å²) in [5, 5.41) is -0.0734. The van der Waals surface area contributed by atoms with Gasteiger partial charge in [0.05, 0.1) is 4.90 Å². The molecule has 1 unspecified atom stereocenters. The van der Waals surface area contributed by atoms with Crippen LogP contribution in [-0.4, -0.2) is 31.6 Å². The van der Waals surface area contributed by atoms with Crippen LogP contribution in [0.15, 0.2) is 47.4 Å². The monoisotopic (exact) mass is 383 g/mol. The molecule has 0 spiro atoms. The van der Waals surface area contributed by atoms with Crippen molar-refractivity contribution in [2.45, 2.75) is 23.5 Å². The van der Waals surface area contributed by atoms with Gasteiger partial charge in [-0.3, -0.25) is 0 Å². The fraction of sp³-hybridized carbons (Fsp3) is 0.333. The van der Waals surface area contributed by atoms with Gasteiger partial charge in [-0.15, -0.1) is 0 Å². The number of rotatable bonds is 3. The van der Waals surface area contributed by atoms with Gasteiger partial charge in [-0.05, 0) is 43.2 Å². The van der Waals surface area contributed by atoms with E-state index in [9.17, 15) is 17.2 Å². The average molecular weight is 383 g/mol. The second-order valence-corrected chi connectivity index (χ2v) is 9.20. The number of hydrogen-bond acceptors (Lipinski definition) is 3. The Bertz CT molecular complexity index is 871. The minimum Gasteiger partial charge on any atom is -0.207 e. The first-order valence-corrected chi connectivity index (χ1v) is 10.5. The van der Waals surface area contributed by atoms with E-state index < -0.39 is 15.8 Å². The molecule has 134 valence electrons. The van der Waals surface area contributed by atoms with Crippen molar-refractivity contribution in [3.05, 3.63) is 65.2 Å². The molecule has 0 N–H and O–H groups in total. The first kappa shape index (κ1) is 18.4. The minimum atomic E-state index is -3.69. The van der Waals surface area contributed by atoms with Crippen LogP contribution in [0.2, 0.25) is 0 Å². The van der Waals surface area contributed by atoms with Crippen LogP contribution in [-0.2, 0) is 10.0 Å². The third-order valence-electron chi connectivity index (χ3n) is 4.31. The number of thioether (sulfide) groups is 1. The summed E-state index contributed by atoms with van der Waals surface area (Å²) in [7, 11) is -3.69. The minimum absolute atomic E-state index is 0.0734. The molecule has 1 atom stereocenters. The highest BCUT2D eigenvalue weighted by Crippen LogP contribution is 2.36. The molecular weight excluding hydrogens is 364 g/mol. The van der Waals surface area contributed by atoms with Crippen molar-refractivity contribution in [1.29, 1.82) is 0 Å². The second-order valence-electron chi connectivity index (χ2n) is 5.98. The highest BCUT2D eigenvalue weighted by Gasteiger charge is 2.30. The van der Waals surface area contributed by atoms with Crippen molar-refractivity contribution < 1.29 is 17.2 Å². The largest absolute Gasteiger partial charge is 0.243 e. The molecule has 1 fully saturated rings. The van der Waals surface area contributed by atoms with E-state index in [0.29, 0.717) is 36.4 Å². The maximum absolute atomic E-state index is 14.0. The van der Waals surface area contributed by atoms with E-state index in [1.165, 1.54) is 22.5 Å². The first-order valence-electron chi connectivity index (χ1n) is 8.02. The van der Waals surface area contributed by atoms with Gasteiger partial charge in [0.2, 0.25) is 10.0 Å². The van der Waals surface area contributed by atoms with Crippen molar-refractivity contribution in [2.75, 3.05) is 18.8 Å². The number of nitrogens with zero attached hydrogens (tertiary/aromatic N) is 1. The van der Waals surface area contributed by atoms with Crippen molar-refractivity contribution in [1.82, 2.24) is 4.31 Å². The van der Waals surface area contributed by atoms with Crippen LogP contribution in [0, 0.1) is 18.6 Å². The molecule has 0 bridgehead atoms. The zero-order valence-corrected chi connectivity index (χ0v) is 15.4. The summed E-state index contributed by atoms with van der Waals surface area (Å²) in [6, 6.07) is 10.3. The highest BCUT2D eigenvalue weighted by molar-refractivity contribution is 7.99. The molecule has 1 heterocycles. The Balaban J connectivity index is 1.82. The van der Waals surface area contributed by atoms with Gasteiger partial charge in [-0.25, -0.2) is 17.2 Å². The van der Waals surface area contributed by atoms with Crippen LogP contribution >= 0.6 is 11.8 Å². The zero-order valence-electron chi connectivity index (χ0n) is 13.8. The molecular formula is C18H19F2NO2S2. The molecule has 0 aliphatic carbocycles. The van der Waals surface area contributed by atoms with Gasteiger partial charge in [0.25, 0.3) is 0 Å². The summed E-state index contributed by atoms with van der Waals surface area (Å²) >= 11 is 1.57. The standard InChI is InChI=1S/C18H19F2NO2S2/c1-13-12-14(19)6-7-18(13)25(22,23)21-9-8-17(24-11-10-21)15-4-2-3-5-16(15)20/h2-7,12,17H,8-11H2,1H3. The van der Waals surface area contributed by atoms with E-state index in [1.54, 1.807) is 36.9 Å². The fourth-order valence-corrected chi connectivity index (χ4v) is 6.05. The van der Waals surface area contributed by atoms with E-state index in [0.717, 1.165) is 6.07 Å². The van der Waals surface area contributed by atoms with E-state index in [1.807, 2.05) is 0 Å². The average Bonchev–Trinajstić information content (AvgIpc) is 2.81. The zero-order chi connectivity index (χ0) is 18.0. The molecule has 0 amide bonds. The molecule has 25 heavy (non-hydrogen) atoms. The summed E-state index contributed by atoms with van der Waals surface area (Å²) in [6.45, 7) is 2.25. The van der Waals surface area contributed by atoms with Crippen molar-refractivity contribution in [3.8, 4) is 0 Å². The van der Waals surface area contributed by atoms with Crippen LogP contribution in [0.3, 0.4) is 0 Å². The predicted octanol–water partition coefficient (Wildman–Crippen LogP) is 4.14. The number of aryl methyl sites for hydroxylation is 1. The molecule has 7 heteroatoms. The Morgan fingerprint density at radius 2 is 1.88 bits per heavy atom. The smallest absolute Gasteiger partial charge is 0.207 e. The Morgan fingerprint density at radius 3 is 2.60 bits per heavy atom. The summed E-state index contributed by atoms with van der Waals surface area (Å²) in [5.41, 5.74) is 1.01. The van der Waals surface area contributed by atoms with Crippen LogP contribution in [0.5, 0.6) is 0 Å². The van der Waals surface area contributed by atoms with Crippen molar-refractivity contribution in [3.63, 3.8) is 0 Å². The van der Waals surface area contributed by atoms with E-state index in [4.69, 9.17) is 0 Å². The van der Waals surface area contributed by atoms with E-state index in [-0.39, 0.29) is 16.0 Å². The molecule has 0 radical (unpaired) electrons. The fourth-order valence-electron chi connectivity index (χ4n) is 3.02. The molecule has 0 aromatic heterocycles. The molecule has 3 rings (SSSR count). The molecule has 1 aliphatic heterocycles. The maximum Gasteiger partial charge on any atom is 0.243 e. The van der Waals surface area contributed by atoms with Crippen LogP contribution in [0.4, 0.5) is 8.78 Å². The van der Waals surface area contributed by atoms with E-state index in [2.05, 4.69) is 0 Å². The van der Waals surface area contributed by atoms with Gasteiger partial charge < -0.3 is 0 Å². The number of benzene rings is 2. The van der Waals surface area contributed by atoms with Crippen molar-refractivity contribution >= 4 is 21.8 Å². The lowest BCUT2D eigenvalue weighted by Crippen LogP contribution is -2.33. The number of hydrogen-bond donors (Lipinski definition) is 0. The molecule has 2 aromatic carbocycles. The molecule has 0 saturated carbocycles. The lowest BCUT2D eigenvalue weighted by molar-refractivity contribution is 0.426. The Morgan fingerprint density at radius 1 is 1.12 bits per heavy atom. The van der Waals surface area contributed by atoms with E-state index >= 15 is 0 Å². The lowest BCUT2D eigenvalue weighted by atomic mass is 10.1. The highest BCUT2D eigenvalue weighted by atomic mass is 32.2. The number of halogens is 2. The molecule has 1 saturated heterocycles. The third-order valence-corrected chi connectivity index (χ3v) is 7.68. The van der Waals surface area contributed by atoms with Gasteiger partial charge in [-0.1, -0.05) is 18.2 Å². The first-order chi connectivity index (χ1) is 11.9. The molecule has 1 aliphatic rings. The Labute approximate surface area is 151 Å². The van der Waals surface area contributed by atoms with Crippen LogP contribution in [0.25, 0.3) is 0 Å². The summed E-state index contributed by atoms with van der Waals surface area (Å²) in [4.78, 5) is 0.128. The van der Waals surface area contributed by atoms with Gasteiger partial charge >= 0.3 is 0 Å². The van der Waals surface area contributed by atoms with Gasteiger partial charge in [-0.2, -0.15) is 16.1 Å². The Hall–Kier alpha value is -1.44. The Kier molecular flexibility index (Phi) is 5.46. The normalized spacial score (nSPS) is 19.6. The topological polar surface area (TPSA) is 37.4 Å². The number of sulfonamides is 1. The van der Waals surface area contributed by atoms with Crippen LogP contribution in [0.1, 0.15) is 22.8 Å². The second kappa shape index (κ2) is 7.43. The lowest BCUT2D eigenvalue weighted by Gasteiger charge is -2.21. The molecule has 3 nitrogen and oxygen atoms in total. The maximum atomic E-state index is 14.0. The predicted molar refractivity (Wildman–Crippen MR) is 96.1 cm³/mol. The van der Waals surface area contributed by atoms with Crippen molar-refractivity contribution in [2.24, 2.45) is 0 Å². The summed E-state index contributed by atoms with van der Waals surface area (Å²) in [6.07, 6.45) is 0.533. The van der Waals surface area contributed by atoms with Gasteiger partial charge in [0.15, 0.2) is 0 Å². The molecule has 2 aromatic rings. The van der Waals surface area contributed by atoms with Gasteiger partial charge in [0.1, 0.15) is 11.6 Å². The van der Waals surface area contributed by atoms with Gasteiger partial charge in [0, 0.05) is 29.7 Å².